The zero-order chi connectivity index (χ0) is 25.2. The van der Waals surface area contributed by atoms with Crippen LogP contribution >= 0.6 is 0 Å². The van der Waals surface area contributed by atoms with Gasteiger partial charge < -0.3 is 30.3 Å². The standard InChI is InChI=1S/C20H25N3O.C4H6O6/c1-4-23(5-2)20(24)14-9-16-15-7-6-8-17-19(15)13(11-21-17)10-18(16)22(3)12-14;5-1(3(7)8)2(6)4(9)10/h6-9,11,14,18,21H,4-5,10,12H2,1-3H3;1-2,5-6H,(H,7,8)(H,9,10)/t14-,18-;1-,2-/m01/s1. The van der Waals surface area contributed by atoms with Gasteiger partial charge in [0, 0.05) is 42.8 Å². The molecule has 5 N–H and O–H groups in total. The molecule has 4 rings (SSSR count). The number of nitrogens with zero attached hydrogens (tertiary/aromatic N) is 2. The number of rotatable bonds is 6. The molecule has 0 bridgehead atoms. The van der Waals surface area contributed by atoms with Gasteiger partial charge in [0.2, 0.25) is 5.91 Å². The second-order valence-corrected chi connectivity index (χ2v) is 8.51. The maximum atomic E-state index is 12.9. The number of nitrogens with one attached hydrogen (secondary N) is 1. The van der Waals surface area contributed by atoms with E-state index in [1.807, 2.05) is 4.90 Å². The largest absolute Gasteiger partial charge is 0.479 e. The van der Waals surface area contributed by atoms with E-state index in [4.69, 9.17) is 20.4 Å². The maximum Gasteiger partial charge on any atom is 0.335 e. The molecular weight excluding hydrogens is 442 g/mol. The molecule has 2 heterocycles. The molecule has 1 aliphatic heterocycles. The maximum absolute atomic E-state index is 12.9. The smallest absolute Gasteiger partial charge is 0.335 e. The Morgan fingerprint density at radius 2 is 1.74 bits per heavy atom. The van der Waals surface area contributed by atoms with Crippen molar-refractivity contribution in [2.75, 3.05) is 26.7 Å². The van der Waals surface area contributed by atoms with Crippen molar-refractivity contribution in [2.45, 2.75) is 38.5 Å². The molecule has 10 nitrogen and oxygen atoms in total. The summed E-state index contributed by atoms with van der Waals surface area (Å²) in [4.78, 5) is 40.1. The number of aromatic nitrogens is 1. The van der Waals surface area contributed by atoms with Gasteiger partial charge in [0.05, 0.1) is 5.92 Å². The molecule has 34 heavy (non-hydrogen) atoms. The summed E-state index contributed by atoms with van der Waals surface area (Å²) in [6, 6.07) is 6.82. The highest BCUT2D eigenvalue weighted by Crippen LogP contribution is 2.40. The summed E-state index contributed by atoms with van der Waals surface area (Å²) >= 11 is 0. The molecule has 2 aromatic rings. The Kier molecular flexibility index (Phi) is 7.75. The van der Waals surface area contributed by atoms with Crippen LogP contribution in [-0.4, -0.2) is 98.0 Å². The van der Waals surface area contributed by atoms with Crippen LogP contribution in [0.3, 0.4) is 0 Å². The summed E-state index contributed by atoms with van der Waals surface area (Å²) < 4.78 is 0. The summed E-state index contributed by atoms with van der Waals surface area (Å²) in [5, 5.41) is 33.9. The number of H-pyrrole nitrogens is 1. The second kappa shape index (κ2) is 10.4. The van der Waals surface area contributed by atoms with Crippen LogP contribution in [0.4, 0.5) is 0 Å². The van der Waals surface area contributed by atoms with Crippen LogP contribution in [-0.2, 0) is 20.8 Å². The average Bonchev–Trinajstić information content (AvgIpc) is 3.23. The lowest BCUT2D eigenvalue weighted by atomic mass is 9.79. The fourth-order valence-corrected chi connectivity index (χ4v) is 4.65. The summed E-state index contributed by atoms with van der Waals surface area (Å²) in [5.74, 6) is -3.33. The molecule has 184 valence electrons. The van der Waals surface area contributed by atoms with E-state index in [1.165, 1.54) is 27.6 Å². The lowest BCUT2D eigenvalue weighted by molar-refractivity contribution is -0.165. The number of carboxylic acids is 2. The van der Waals surface area contributed by atoms with Crippen molar-refractivity contribution in [2.24, 2.45) is 5.92 Å². The van der Waals surface area contributed by atoms with E-state index in [0.717, 1.165) is 26.1 Å². The van der Waals surface area contributed by atoms with Gasteiger partial charge in [-0.1, -0.05) is 18.2 Å². The van der Waals surface area contributed by atoms with Crippen LogP contribution in [0.2, 0.25) is 0 Å². The van der Waals surface area contributed by atoms with Crippen LogP contribution in [0, 0.1) is 5.92 Å². The van der Waals surface area contributed by atoms with Crippen LogP contribution < -0.4 is 0 Å². The quantitative estimate of drug-likeness (QED) is 0.412. The number of hydrogen-bond acceptors (Lipinski definition) is 6. The van der Waals surface area contributed by atoms with Crippen LogP contribution in [0.15, 0.2) is 30.5 Å². The van der Waals surface area contributed by atoms with Crippen LogP contribution in [0.1, 0.15) is 25.0 Å². The normalized spacial score (nSPS) is 20.9. The first-order valence-corrected chi connectivity index (χ1v) is 11.2. The molecule has 0 saturated carbocycles. The number of aliphatic carboxylic acids is 2. The number of fused-ring (bicyclic) bond motifs is 2. The summed E-state index contributed by atoms with van der Waals surface area (Å²) in [6.45, 7) is 6.47. The molecule has 10 heteroatoms. The number of amides is 1. The van der Waals surface area contributed by atoms with E-state index in [9.17, 15) is 14.4 Å². The van der Waals surface area contributed by atoms with Crippen molar-refractivity contribution in [1.29, 1.82) is 0 Å². The third-order valence-corrected chi connectivity index (χ3v) is 6.47. The van der Waals surface area contributed by atoms with E-state index < -0.39 is 24.1 Å². The molecule has 4 atom stereocenters. The first-order valence-electron chi connectivity index (χ1n) is 11.2. The molecule has 0 spiro atoms. The number of carbonyl (C=O) groups is 3. The lowest BCUT2D eigenvalue weighted by Gasteiger charge is -2.40. The number of carbonyl (C=O) groups excluding carboxylic acids is 1. The number of aliphatic hydroxyl groups is 2. The Morgan fingerprint density at radius 1 is 1.12 bits per heavy atom. The topological polar surface area (TPSA) is 154 Å². The molecule has 1 aromatic heterocycles. The number of likely N-dealkylation sites (N-methyl/N-ethyl adjacent to an activating group) is 1. The monoisotopic (exact) mass is 473 g/mol. The Hall–Kier alpha value is -3.21. The van der Waals surface area contributed by atoms with Gasteiger partial charge in [-0.05, 0) is 50.1 Å². The van der Waals surface area contributed by atoms with Gasteiger partial charge >= 0.3 is 11.9 Å². The predicted molar refractivity (Wildman–Crippen MR) is 125 cm³/mol. The first-order chi connectivity index (χ1) is 16.1. The minimum absolute atomic E-state index is 0.0445. The van der Waals surface area contributed by atoms with Crippen LogP contribution in [0.5, 0.6) is 0 Å². The first kappa shape index (κ1) is 25.4. The van der Waals surface area contributed by atoms with Gasteiger partial charge in [0.1, 0.15) is 0 Å². The SMILES string of the molecule is CCN(CC)C(=O)[C@H]1C=C2c3cccc4[nH]cc(c34)C[C@@H]2N(C)C1.O=C(O)[C@H](O)[C@@H](O)C(=O)O. The fraction of sp³-hybridized carbons (Fsp3) is 0.458. The summed E-state index contributed by atoms with van der Waals surface area (Å²) in [6.07, 6.45) is 0.878. The third-order valence-electron chi connectivity index (χ3n) is 6.47. The van der Waals surface area contributed by atoms with Crippen molar-refractivity contribution < 1.29 is 34.8 Å². The lowest BCUT2D eigenvalue weighted by Crippen LogP contribution is -2.47. The second-order valence-electron chi connectivity index (χ2n) is 8.51. The van der Waals surface area contributed by atoms with Crippen molar-refractivity contribution in [3.05, 3.63) is 41.6 Å². The highest BCUT2D eigenvalue weighted by Gasteiger charge is 2.36. The molecule has 1 aromatic carbocycles. The van der Waals surface area contributed by atoms with E-state index >= 15 is 0 Å². The van der Waals surface area contributed by atoms with Gasteiger partial charge in [0.25, 0.3) is 0 Å². The molecule has 0 unspecified atom stereocenters. The van der Waals surface area contributed by atoms with Gasteiger partial charge in [-0.25, -0.2) is 9.59 Å². The van der Waals surface area contributed by atoms with Crippen molar-refractivity contribution in [1.82, 2.24) is 14.8 Å². The molecule has 1 aliphatic carbocycles. The van der Waals surface area contributed by atoms with Gasteiger partial charge in [0.15, 0.2) is 12.2 Å². The fourth-order valence-electron chi connectivity index (χ4n) is 4.65. The number of aliphatic hydroxyl groups excluding tert-OH is 2. The van der Waals surface area contributed by atoms with Gasteiger partial charge in [-0.2, -0.15) is 0 Å². The Balaban J connectivity index is 0.000000277. The van der Waals surface area contributed by atoms with E-state index in [1.54, 1.807) is 0 Å². The zero-order valence-corrected chi connectivity index (χ0v) is 19.4. The van der Waals surface area contributed by atoms with Crippen molar-refractivity contribution >= 4 is 34.3 Å². The minimum Gasteiger partial charge on any atom is -0.479 e. The van der Waals surface area contributed by atoms with E-state index in [0.29, 0.717) is 6.04 Å². The van der Waals surface area contributed by atoms with Crippen molar-refractivity contribution in [3.63, 3.8) is 0 Å². The van der Waals surface area contributed by atoms with E-state index in [-0.39, 0.29) is 11.8 Å². The molecule has 0 saturated heterocycles. The third kappa shape index (κ3) is 4.84. The number of aromatic amines is 1. The number of hydrogen-bond donors (Lipinski definition) is 5. The number of benzene rings is 1. The molecule has 2 aliphatic rings. The van der Waals surface area contributed by atoms with Gasteiger partial charge in [-0.3, -0.25) is 9.69 Å². The van der Waals surface area contributed by atoms with E-state index in [2.05, 4.69) is 61.3 Å². The molecule has 0 fully saturated rings. The molecular formula is C24H31N3O7. The Bertz CT molecular complexity index is 1090. The molecule has 0 radical (unpaired) electrons. The van der Waals surface area contributed by atoms with Crippen LogP contribution in [0.25, 0.3) is 16.5 Å². The number of carboxylic acid groups (broad SMARTS) is 2. The Labute approximate surface area is 197 Å². The Morgan fingerprint density at radius 3 is 2.29 bits per heavy atom. The summed E-state index contributed by atoms with van der Waals surface area (Å²) in [5.41, 5.74) is 5.21. The molecule has 1 amide bonds. The van der Waals surface area contributed by atoms with Crippen molar-refractivity contribution in [3.8, 4) is 0 Å². The predicted octanol–water partition coefficient (Wildman–Crippen LogP) is 0.783. The average molecular weight is 474 g/mol. The summed E-state index contributed by atoms with van der Waals surface area (Å²) in [7, 11) is 2.15. The highest BCUT2D eigenvalue weighted by atomic mass is 16.4. The van der Waals surface area contributed by atoms with Gasteiger partial charge in [-0.15, -0.1) is 0 Å². The highest BCUT2D eigenvalue weighted by molar-refractivity contribution is 5.99. The minimum atomic E-state index is -2.27. The zero-order valence-electron chi connectivity index (χ0n) is 19.4.